The number of ketones is 1. The van der Waals surface area contributed by atoms with Gasteiger partial charge in [-0.15, -0.1) is 0 Å². The summed E-state index contributed by atoms with van der Waals surface area (Å²) in [6.07, 6.45) is 1.39. The highest BCUT2D eigenvalue weighted by Gasteiger charge is 2.33. The standard InChI is InChI=1S/C17H21NO5/c1-22-16(20)11-15(19)14-9-5-6-10-18(14)17(21)23-12-13-7-3-2-4-8-13/h2-4,7-8,14H,5-6,9-12H2,1H3/t14-/m0/s1. The molecule has 0 aromatic heterocycles. The largest absolute Gasteiger partial charge is 0.469 e. The highest BCUT2D eigenvalue weighted by atomic mass is 16.6. The third kappa shape index (κ3) is 4.81. The average Bonchev–Trinajstić information content (AvgIpc) is 2.60. The first-order chi connectivity index (χ1) is 11.1. The third-order valence-corrected chi connectivity index (χ3v) is 3.86. The summed E-state index contributed by atoms with van der Waals surface area (Å²) < 4.78 is 9.82. The molecule has 23 heavy (non-hydrogen) atoms. The summed E-state index contributed by atoms with van der Waals surface area (Å²) in [6, 6.07) is 8.75. The SMILES string of the molecule is COC(=O)CC(=O)[C@@H]1CCCCN1C(=O)OCc1ccccc1. The number of carbonyl (C=O) groups is 3. The van der Waals surface area contributed by atoms with Gasteiger partial charge in [0.15, 0.2) is 5.78 Å². The summed E-state index contributed by atoms with van der Waals surface area (Å²) in [6.45, 7) is 0.624. The molecule has 1 amide bonds. The topological polar surface area (TPSA) is 72.9 Å². The number of carbonyl (C=O) groups excluding carboxylic acids is 3. The average molecular weight is 319 g/mol. The zero-order chi connectivity index (χ0) is 16.7. The minimum atomic E-state index is -0.605. The Kier molecular flexibility index (Phi) is 6.14. The summed E-state index contributed by atoms with van der Waals surface area (Å²) in [4.78, 5) is 37.2. The van der Waals surface area contributed by atoms with Crippen molar-refractivity contribution in [1.82, 2.24) is 4.90 Å². The molecule has 0 bridgehead atoms. The van der Waals surface area contributed by atoms with Crippen molar-refractivity contribution in [2.45, 2.75) is 38.3 Å². The fourth-order valence-corrected chi connectivity index (χ4v) is 2.62. The van der Waals surface area contributed by atoms with E-state index in [9.17, 15) is 14.4 Å². The lowest BCUT2D eigenvalue weighted by atomic mass is 9.97. The molecule has 1 atom stereocenters. The van der Waals surface area contributed by atoms with Crippen LogP contribution in [0.4, 0.5) is 4.79 Å². The molecule has 124 valence electrons. The Morgan fingerprint density at radius 2 is 1.91 bits per heavy atom. The lowest BCUT2D eigenvalue weighted by Crippen LogP contribution is -2.48. The van der Waals surface area contributed by atoms with Crippen LogP contribution in [0.1, 0.15) is 31.2 Å². The molecular weight excluding hydrogens is 298 g/mol. The monoisotopic (exact) mass is 319 g/mol. The van der Waals surface area contributed by atoms with E-state index in [1.807, 2.05) is 30.3 Å². The predicted molar refractivity (Wildman–Crippen MR) is 82.6 cm³/mol. The number of hydrogen-bond donors (Lipinski definition) is 0. The van der Waals surface area contributed by atoms with Gasteiger partial charge in [-0.3, -0.25) is 14.5 Å². The Morgan fingerprint density at radius 3 is 2.61 bits per heavy atom. The van der Waals surface area contributed by atoms with Gasteiger partial charge in [-0.2, -0.15) is 0 Å². The number of likely N-dealkylation sites (tertiary alicyclic amines) is 1. The molecule has 0 saturated carbocycles. The van der Waals surface area contributed by atoms with Crippen LogP contribution in [0.15, 0.2) is 30.3 Å². The van der Waals surface area contributed by atoms with Crippen LogP contribution in [-0.4, -0.2) is 42.4 Å². The molecule has 0 aliphatic carbocycles. The molecule has 0 spiro atoms. The second-order valence-electron chi connectivity index (χ2n) is 5.46. The molecule has 0 N–H and O–H groups in total. The molecule has 0 unspecified atom stereocenters. The second-order valence-corrected chi connectivity index (χ2v) is 5.46. The predicted octanol–water partition coefficient (Wildman–Crippen LogP) is 2.31. The summed E-state index contributed by atoms with van der Waals surface area (Å²) in [5.74, 6) is -0.883. The lowest BCUT2D eigenvalue weighted by Gasteiger charge is -2.33. The zero-order valence-corrected chi connectivity index (χ0v) is 13.2. The number of piperidine rings is 1. The van der Waals surface area contributed by atoms with Gasteiger partial charge in [0.2, 0.25) is 0 Å². The maximum absolute atomic E-state index is 12.3. The van der Waals surface area contributed by atoms with E-state index in [1.165, 1.54) is 12.0 Å². The number of Topliss-reactive ketones (excluding diaryl/α,β-unsaturated/α-hetero) is 1. The van der Waals surface area contributed by atoms with E-state index in [-0.39, 0.29) is 18.8 Å². The van der Waals surface area contributed by atoms with E-state index < -0.39 is 18.1 Å². The molecule has 6 nitrogen and oxygen atoms in total. The molecule has 6 heteroatoms. The Morgan fingerprint density at radius 1 is 1.17 bits per heavy atom. The van der Waals surface area contributed by atoms with Crippen LogP contribution < -0.4 is 0 Å². The van der Waals surface area contributed by atoms with Crippen molar-refractivity contribution >= 4 is 17.8 Å². The van der Waals surface area contributed by atoms with Crippen molar-refractivity contribution in [2.24, 2.45) is 0 Å². The van der Waals surface area contributed by atoms with E-state index in [2.05, 4.69) is 4.74 Å². The van der Waals surface area contributed by atoms with Crippen molar-refractivity contribution < 1.29 is 23.9 Å². The Balaban J connectivity index is 1.95. The highest BCUT2D eigenvalue weighted by Crippen LogP contribution is 2.20. The van der Waals surface area contributed by atoms with E-state index in [0.717, 1.165) is 18.4 Å². The van der Waals surface area contributed by atoms with Crippen molar-refractivity contribution in [3.63, 3.8) is 0 Å². The van der Waals surface area contributed by atoms with Crippen LogP contribution in [0, 0.1) is 0 Å². The minimum Gasteiger partial charge on any atom is -0.469 e. The fourth-order valence-electron chi connectivity index (χ4n) is 2.62. The minimum absolute atomic E-state index is 0.161. The number of rotatable bonds is 5. The van der Waals surface area contributed by atoms with Crippen LogP contribution in [-0.2, 0) is 25.7 Å². The van der Waals surface area contributed by atoms with Crippen LogP contribution >= 0.6 is 0 Å². The second kappa shape index (κ2) is 8.31. The van der Waals surface area contributed by atoms with Crippen molar-refractivity contribution in [3.05, 3.63) is 35.9 Å². The summed E-state index contributed by atoms with van der Waals surface area (Å²) in [5, 5.41) is 0. The fraction of sp³-hybridized carbons (Fsp3) is 0.471. The van der Waals surface area contributed by atoms with Crippen LogP contribution in [0.3, 0.4) is 0 Å². The summed E-state index contributed by atoms with van der Waals surface area (Å²) in [7, 11) is 1.24. The maximum Gasteiger partial charge on any atom is 0.410 e. The molecule has 1 aromatic carbocycles. The van der Waals surface area contributed by atoms with Crippen LogP contribution in [0.2, 0.25) is 0 Å². The van der Waals surface area contributed by atoms with Gasteiger partial charge in [0.05, 0.1) is 13.2 Å². The van der Waals surface area contributed by atoms with Crippen molar-refractivity contribution in [2.75, 3.05) is 13.7 Å². The number of ether oxygens (including phenoxy) is 2. The Hall–Kier alpha value is -2.37. The number of hydrogen-bond acceptors (Lipinski definition) is 5. The first-order valence-electron chi connectivity index (χ1n) is 7.68. The van der Waals surface area contributed by atoms with Gasteiger partial charge >= 0.3 is 12.1 Å². The lowest BCUT2D eigenvalue weighted by molar-refractivity contribution is -0.144. The molecule has 1 saturated heterocycles. The highest BCUT2D eigenvalue weighted by molar-refractivity contribution is 5.99. The summed E-state index contributed by atoms with van der Waals surface area (Å²) in [5.41, 5.74) is 0.885. The molecule has 0 radical (unpaired) electrons. The molecule has 1 aliphatic heterocycles. The number of methoxy groups -OCH3 is 1. The van der Waals surface area contributed by atoms with Crippen LogP contribution in [0.5, 0.6) is 0 Å². The van der Waals surface area contributed by atoms with Gasteiger partial charge in [-0.25, -0.2) is 4.79 Å². The van der Waals surface area contributed by atoms with Gasteiger partial charge in [0.25, 0.3) is 0 Å². The molecule has 1 aromatic rings. The molecule has 1 fully saturated rings. The van der Waals surface area contributed by atoms with Gasteiger partial charge < -0.3 is 9.47 Å². The maximum atomic E-state index is 12.3. The summed E-state index contributed by atoms with van der Waals surface area (Å²) >= 11 is 0. The van der Waals surface area contributed by atoms with Gasteiger partial charge in [0, 0.05) is 6.54 Å². The molecule has 1 aliphatic rings. The van der Waals surface area contributed by atoms with Crippen molar-refractivity contribution in [3.8, 4) is 0 Å². The smallest absolute Gasteiger partial charge is 0.410 e. The first-order valence-corrected chi connectivity index (χ1v) is 7.68. The van der Waals surface area contributed by atoms with Crippen molar-refractivity contribution in [1.29, 1.82) is 0 Å². The van der Waals surface area contributed by atoms with E-state index in [1.54, 1.807) is 0 Å². The van der Waals surface area contributed by atoms with E-state index >= 15 is 0 Å². The quantitative estimate of drug-likeness (QED) is 0.615. The van der Waals surface area contributed by atoms with Gasteiger partial charge in [0.1, 0.15) is 13.0 Å². The number of amides is 1. The normalized spacial score (nSPS) is 17.4. The van der Waals surface area contributed by atoms with E-state index in [0.29, 0.717) is 13.0 Å². The third-order valence-electron chi connectivity index (χ3n) is 3.86. The number of nitrogens with zero attached hydrogens (tertiary/aromatic N) is 1. The molecule has 2 rings (SSSR count). The van der Waals surface area contributed by atoms with Gasteiger partial charge in [-0.1, -0.05) is 30.3 Å². The van der Waals surface area contributed by atoms with Gasteiger partial charge in [-0.05, 0) is 24.8 Å². The number of benzene rings is 1. The zero-order valence-electron chi connectivity index (χ0n) is 13.2. The molecule has 1 heterocycles. The van der Waals surface area contributed by atoms with E-state index in [4.69, 9.17) is 4.74 Å². The van der Waals surface area contributed by atoms with Crippen LogP contribution in [0.25, 0.3) is 0 Å². The molecular formula is C17H21NO5. The number of esters is 1. The Labute approximate surface area is 135 Å². The Bertz CT molecular complexity index is 557. The first kappa shape index (κ1) is 17.0.